The van der Waals surface area contributed by atoms with Crippen molar-refractivity contribution in [2.24, 2.45) is 0 Å². The van der Waals surface area contributed by atoms with Crippen molar-refractivity contribution >= 4 is 29.2 Å². The van der Waals surface area contributed by atoms with Crippen LogP contribution in [0.5, 0.6) is 11.5 Å². The minimum atomic E-state index is -8.82. The summed E-state index contributed by atoms with van der Waals surface area (Å²) in [6, 6.07) is 8.73. The fraction of sp³-hybridized carbons (Fsp3) is 0.581. The van der Waals surface area contributed by atoms with E-state index in [1.165, 1.54) is 19.2 Å². The molecule has 1 unspecified atom stereocenters. The van der Waals surface area contributed by atoms with Crippen molar-refractivity contribution < 1.29 is 93.6 Å². The molecule has 0 aliphatic carbocycles. The van der Waals surface area contributed by atoms with Gasteiger partial charge < -0.3 is 14.2 Å². The molecule has 0 aromatic heterocycles. The van der Waals surface area contributed by atoms with Gasteiger partial charge in [-0.2, -0.15) is 74.6 Å². The molecule has 308 valence electrons. The Morgan fingerprint density at radius 1 is 0.611 bits per heavy atom. The third-order valence-corrected chi connectivity index (χ3v) is 9.12. The van der Waals surface area contributed by atoms with Gasteiger partial charge in [-0.1, -0.05) is 56.1 Å². The number of benzene rings is 2. The van der Waals surface area contributed by atoms with Gasteiger partial charge in [0.2, 0.25) is 0 Å². The van der Waals surface area contributed by atoms with Crippen LogP contribution in [0, 0.1) is 0 Å². The molecule has 54 heavy (non-hydrogen) atoms. The maximum absolute atomic E-state index is 14.4. The van der Waals surface area contributed by atoms with Gasteiger partial charge >= 0.3 is 53.6 Å². The van der Waals surface area contributed by atoms with E-state index in [9.17, 15) is 79.4 Å². The molecule has 0 N–H and O–H groups in total. The van der Waals surface area contributed by atoms with Gasteiger partial charge in [-0.3, -0.25) is 0 Å². The summed E-state index contributed by atoms with van der Waals surface area (Å²) in [5.74, 6) is -62.5. The Hall–Kier alpha value is -3.10. The fourth-order valence-corrected chi connectivity index (χ4v) is 5.79. The number of hydrogen-bond donors (Lipinski definition) is 0. The zero-order valence-corrected chi connectivity index (χ0v) is 29.2. The Kier molecular flexibility index (Phi) is 13.5. The largest absolute Gasteiger partial charge is 0.497 e. The lowest BCUT2D eigenvalue weighted by Crippen LogP contribution is -2.75. The van der Waals surface area contributed by atoms with Gasteiger partial charge in [0, 0.05) is 15.5 Å². The van der Waals surface area contributed by atoms with E-state index in [1.54, 1.807) is 18.2 Å². The summed E-state index contributed by atoms with van der Waals surface area (Å²) in [5.41, 5.74) is 0.285. The number of carbonyl (C=O) groups is 1. The van der Waals surface area contributed by atoms with Gasteiger partial charge in [0.1, 0.15) is 24.2 Å². The van der Waals surface area contributed by atoms with Crippen molar-refractivity contribution in [3.8, 4) is 11.5 Å². The molecular formula is C31H27Cl2F17O4. The van der Waals surface area contributed by atoms with Gasteiger partial charge in [-0.15, -0.1) is 0 Å². The molecule has 0 saturated carbocycles. The predicted molar refractivity (Wildman–Crippen MR) is 157 cm³/mol. The van der Waals surface area contributed by atoms with E-state index >= 15 is 0 Å². The highest BCUT2D eigenvalue weighted by atomic mass is 35.5. The van der Waals surface area contributed by atoms with E-state index in [4.69, 9.17) is 32.7 Å². The average molecular weight is 857 g/mol. The molecule has 1 atom stereocenters. The summed E-state index contributed by atoms with van der Waals surface area (Å²) in [6.45, 7) is 3.51. The molecule has 0 bridgehead atoms. The molecule has 0 fully saturated rings. The zero-order chi connectivity index (χ0) is 42.3. The molecule has 2 aromatic carbocycles. The van der Waals surface area contributed by atoms with Gasteiger partial charge in [-0.05, 0) is 54.7 Å². The normalized spacial score (nSPS) is 14.9. The van der Waals surface area contributed by atoms with Crippen molar-refractivity contribution in [1.29, 1.82) is 0 Å². The van der Waals surface area contributed by atoms with E-state index in [-0.39, 0.29) is 10.8 Å². The Bertz CT molecular complexity index is 1640. The molecule has 0 aliphatic rings. The van der Waals surface area contributed by atoms with Crippen LogP contribution in [0.15, 0.2) is 36.4 Å². The van der Waals surface area contributed by atoms with Crippen LogP contribution in [0.4, 0.5) is 74.6 Å². The highest BCUT2D eigenvalue weighted by Gasteiger charge is 2.96. The second-order valence-corrected chi connectivity index (χ2v) is 12.4. The van der Waals surface area contributed by atoms with Crippen molar-refractivity contribution in [3.63, 3.8) is 0 Å². The number of alkyl halides is 17. The van der Waals surface area contributed by atoms with E-state index in [1.807, 2.05) is 13.8 Å². The van der Waals surface area contributed by atoms with Crippen LogP contribution in [0.2, 0.25) is 10.0 Å². The molecular weight excluding hydrogens is 830 g/mol. The quantitative estimate of drug-likeness (QED) is 0.117. The Morgan fingerprint density at radius 3 is 1.37 bits per heavy atom. The highest BCUT2D eigenvalue weighted by molar-refractivity contribution is 6.32. The SMILES string of the molecule is CCC(COc1ccc(C(CC)(CC)c2ccc(OC)cc2Cl)c(Cl)c1)OC(=O)C(F)(F)C(F)(F)C(F)(F)C(F)(F)C(F)(F)C(F)(F)C(F)(F)C(F)(F)F. The van der Waals surface area contributed by atoms with Gasteiger partial charge in [0.05, 0.1) is 7.11 Å². The maximum atomic E-state index is 14.4. The molecule has 23 heteroatoms. The lowest BCUT2D eigenvalue weighted by Gasteiger charge is -2.42. The van der Waals surface area contributed by atoms with Crippen molar-refractivity contribution in [2.45, 2.75) is 99.2 Å². The average Bonchev–Trinajstić information content (AvgIpc) is 3.07. The number of esters is 1. The van der Waals surface area contributed by atoms with Crippen molar-refractivity contribution in [1.82, 2.24) is 0 Å². The first kappa shape index (κ1) is 47.1. The number of methoxy groups -OCH3 is 1. The molecule has 0 radical (unpaired) electrons. The number of ether oxygens (including phenoxy) is 3. The first-order chi connectivity index (χ1) is 24.3. The highest BCUT2D eigenvalue weighted by Crippen LogP contribution is 2.64. The molecule has 2 rings (SSSR count). The second-order valence-electron chi connectivity index (χ2n) is 11.5. The molecule has 4 nitrogen and oxygen atoms in total. The molecule has 2 aromatic rings. The van der Waals surface area contributed by atoms with Crippen LogP contribution in [0.25, 0.3) is 0 Å². The molecule has 0 heterocycles. The first-order valence-corrected chi connectivity index (χ1v) is 15.7. The second kappa shape index (κ2) is 15.4. The van der Waals surface area contributed by atoms with E-state index in [0.717, 1.165) is 13.0 Å². The lowest BCUT2D eigenvalue weighted by molar-refractivity contribution is -0.460. The summed E-state index contributed by atoms with van der Waals surface area (Å²) in [7, 11) is 1.41. The molecule has 0 spiro atoms. The first-order valence-electron chi connectivity index (χ1n) is 15.0. The molecule has 0 saturated heterocycles. The summed E-state index contributed by atoms with van der Waals surface area (Å²) in [5, 5.41) is 0.318. The van der Waals surface area contributed by atoms with E-state index < -0.39 is 78.1 Å². The summed E-state index contributed by atoms with van der Waals surface area (Å²) in [4.78, 5) is 12.0. The number of hydrogen-bond acceptors (Lipinski definition) is 4. The minimum absolute atomic E-state index is 0.0119. The van der Waals surface area contributed by atoms with Crippen LogP contribution in [-0.4, -0.2) is 73.4 Å². The Balaban J connectivity index is 2.37. The third-order valence-electron chi connectivity index (χ3n) is 8.50. The Labute approximate surface area is 304 Å². The summed E-state index contributed by atoms with van der Waals surface area (Å²) in [6.07, 6.45) is -9.90. The van der Waals surface area contributed by atoms with Crippen LogP contribution in [0.1, 0.15) is 51.2 Å². The number of halogens is 19. The van der Waals surface area contributed by atoms with Crippen molar-refractivity contribution in [3.05, 3.63) is 57.6 Å². The zero-order valence-electron chi connectivity index (χ0n) is 27.7. The summed E-state index contributed by atoms with van der Waals surface area (Å²) < 4.78 is 245. The van der Waals surface area contributed by atoms with Gasteiger partial charge in [0.15, 0.2) is 0 Å². The topological polar surface area (TPSA) is 44.8 Å². The lowest BCUT2D eigenvalue weighted by atomic mass is 9.70. The van der Waals surface area contributed by atoms with Crippen molar-refractivity contribution in [2.75, 3.05) is 13.7 Å². The summed E-state index contributed by atoms with van der Waals surface area (Å²) >= 11 is 13.0. The minimum Gasteiger partial charge on any atom is -0.497 e. The predicted octanol–water partition coefficient (Wildman–Crippen LogP) is 11.8. The Morgan fingerprint density at radius 2 is 1.00 bits per heavy atom. The van der Waals surface area contributed by atoms with Gasteiger partial charge in [0.25, 0.3) is 0 Å². The monoisotopic (exact) mass is 856 g/mol. The van der Waals surface area contributed by atoms with Gasteiger partial charge in [-0.25, -0.2) is 4.79 Å². The van der Waals surface area contributed by atoms with E-state index in [0.29, 0.717) is 34.7 Å². The van der Waals surface area contributed by atoms with Crippen LogP contribution >= 0.6 is 23.2 Å². The number of rotatable bonds is 17. The molecule has 0 aliphatic heterocycles. The fourth-order valence-electron chi connectivity index (χ4n) is 5.08. The van der Waals surface area contributed by atoms with Crippen LogP contribution in [-0.2, 0) is 14.9 Å². The number of carbonyl (C=O) groups excluding carboxylic acids is 1. The maximum Gasteiger partial charge on any atom is 0.460 e. The standard InChI is InChI=1S/C31H27Cl2F17O4/c1-5-15(14-53-17-9-11-19(21(33)13-17)23(6-2,7-3)18-10-8-16(52-4)12-20(18)32)54-22(51)24(34,35)25(36,37)26(38,39)27(40,41)28(42,43)29(44,45)30(46,47)31(48,49)50/h8-13,15H,5-7,14H2,1-4H3. The van der Waals surface area contributed by atoms with Crippen LogP contribution < -0.4 is 9.47 Å². The smallest absolute Gasteiger partial charge is 0.460 e. The molecule has 0 amide bonds. The van der Waals surface area contributed by atoms with Crippen LogP contribution in [0.3, 0.4) is 0 Å². The van der Waals surface area contributed by atoms with E-state index in [2.05, 4.69) is 4.74 Å². The third kappa shape index (κ3) is 7.43.